The van der Waals surface area contributed by atoms with E-state index in [1.165, 1.54) is 0 Å². The highest BCUT2D eigenvalue weighted by Gasteiger charge is 2.21. The number of carbonyl (C=O) groups is 1. The molecular weight excluding hydrogens is 248 g/mol. The van der Waals surface area contributed by atoms with Crippen LogP contribution in [0.25, 0.3) is 0 Å². The molecule has 1 unspecified atom stereocenters. The quantitative estimate of drug-likeness (QED) is 0.785. The summed E-state index contributed by atoms with van der Waals surface area (Å²) in [7, 11) is 0. The van der Waals surface area contributed by atoms with Gasteiger partial charge in [0.05, 0.1) is 12.6 Å². The molecule has 1 saturated heterocycles. The van der Waals surface area contributed by atoms with E-state index in [4.69, 9.17) is 4.74 Å². The van der Waals surface area contributed by atoms with E-state index in [9.17, 15) is 4.79 Å². The second-order valence-corrected chi connectivity index (χ2v) is 5.21. The van der Waals surface area contributed by atoms with Crippen molar-refractivity contribution >= 4 is 17.7 Å². The molecule has 0 bridgehead atoms. The Morgan fingerprint density at radius 3 is 3.11 bits per heavy atom. The minimum atomic E-state index is -0.0477. The Labute approximate surface area is 111 Å². The highest BCUT2D eigenvalue weighted by Crippen LogP contribution is 2.15. The van der Waals surface area contributed by atoms with Crippen LogP contribution in [0.1, 0.15) is 5.56 Å². The monoisotopic (exact) mass is 266 g/mol. The van der Waals surface area contributed by atoms with Crippen LogP contribution in [0.5, 0.6) is 5.75 Å². The lowest BCUT2D eigenvalue weighted by atomic mass is 10.2. The maximum atomic E-state index is 11.7. The van der Waals surface area contributed by atoms with Gasteiger partial charge >= 0.3 is 0 Å². The predicted molar refractivity (Wildman–Crippen MR) is 73.9 cm³/mol. The summed E-state index contributed by atoms with van der Waals surface area (Å²) < 4.78 is 5.61. The number of ether oxygens (including phenoxy) is 1. The third-order valence-corrected chi connectivity index (χ3v) is 3.73. The first-order chi connectivity index (χ1) is 8.77. The zero-order valence-electron chi connectivity index (χ0n) is 10.4. The number of para-hydroxylation sites is 1. The molecule has 18 heavy (non-hydrogen) atoms. The lowest BCUT2D eigenvalue weighted by molar-refractivity contribution is -0.122. The molecule has 1 heterocycles. The largest absolute Gasteiger partial charge is 0.491 e. The number of thioether (sulfide) groups is 1. The van der Waals surface area contributed by atoms with Crippen LogP contribution in [0.15, 0.2) is 24.3 Å². The summed E-state index contributed by atoms with van der Waals surface area (Å²) in [5.74, 6) is 2.65. The van der Waals surface area contributed by atoms with Gasteiger partial charge in [-0.1, -0.05) is 18.2 Å². The van der Waals surface area contributed by atoms with Crippen LogP contribution in [-0.4, -0.2) is 36.7 Å². The van der Waals surface area contributed by atoms with Crippen molar-refractivity contribution in [3.63, 3.8) is 0 Å². The van der Waals surface area contributed by atoms with E-state index < -0.39 is 0 Å². The van der Waals surface area contributed by atoms with Crippen molar-refractivity contribution in [1.29, 1.82) is 0 Å². The summed E-state index contributed by atoms with van der Waals surface area (Å²) in [6.45, 7) is 3.04. The average Bonchev–Trinajstić information content (AvgIpc) is 2.90. The maximum Gasteiger partial charge on any atom is 0.238 e. The van der Waals surface area contributed by atoms with Crippen molar-refractivity contribution in [2.45, 2.75) is 13.0 Å². The Morgan fingerprint density at radius 2 is 2.39 bits per heavy atom. The summed E-state index contributed by atoms with van der Waals surface area (Å²) in [5, 5.41) is 6.01. The van der Waals surface area contributed by atoms with Crippen LogP contribution in [0, 0.1) is 6.92 Å². The van der Waals surface area contributed by atoms with E-state index in [0.717, 1.165) is 22.9 Å². The van der Waals surface area contributed by atoms with Crippen molar-refractivity contribution in [3.8, 4) is 5.75 Å². The fourth-order valence-corrected chi connectivity index (χ4v) is 2.68. The first kappa shape index (κ1) is 13.2. The molecule has 0 aliphatic carbocycles. The summed E-state index contributed by atoms with van der Waals surface area (Å²) in [6.07, 6.45) is 0. The van der Waals surface area contributed by atoms with E-state index in [2.05, 4.69) is 10.6 Å². The lowest BCUT2D eigenvalue weighted by Crippen LogP contribution is -2.43. The Kier molecular flexibility index (Phi) is 4.90. The second kappa shape index (κ2) is 6.66. The molecule has 98 valence electrons. The molecule has 0 aromatic heterocycles. The van der Waals surface area contributed by atoms with Crippen molar-refractivity contribution in [3.05, 3.63) is 29.8 Å². The molecule has 2 rings (SSSR count). The fourth-order valence-electron chi connectivity index (χ4n) is 1.74. The van der Waals surface area contributed by atoms with Crippen molar-refractivity contribution < 1.29 is 9.53 Å². The van der Waals surface area contributed by atoms with E-state index in [1.54, 1.807) is 11.8 Å². The minimum absolute atomic E-state index is 0.0477. The number of amides is 1. The number of benzene rings is 1. The normalized spacial score (nSPS) is 18.6. The SMILES string of the molecule is Cc1ccccc1OCCNC(=O)C1CSCN1. The van der Waals surface area contributed by atoms with Gasteiger partial charge in [-0.25, -0.2) is 0 Å². The molecule has 1 aliphatic rings. The molecule has 1 aromatic rings. The Hall–Kier alpha value is -1.20. The molecule has 5 heteroatoms. The summed E-state index contributed by atoms with van der Waals surface area (Å²) in [4.78, 5) is 11.7. The lowest BCUT2D eigenvalue weighted by Gasteiger charge is -2.12. The molecular formula is C13H18N2O2S. The molecule has 1 atom stereocenters. The van der Waals surface area contributed by atoms with Gasteiger partial charge in [-0.2, -0.15) is 0 Å². The van der Waals surface area contributed by atoms with Crippen molar-refractivity contribution in [1.82, 2.24) is 10.6 Å². The maximum absolute atomic E-state index is 11.7. The first-order valence-electron chi connectivity index (χ1n) is 6.04. The Balaban J connectivity index is 1.67. The number of rotatable bonds is 5. The third kappa shape index (κ3) is 3.65. The van der Waals surface area contributed by atoms with Gasteiger partial charge < -0.3 is 10.1 Å². The van der Waals surface area contributed by atoms with Gasteiger partial charge in [-0.3, -0.25) is 10.1 Å². The smallest absolute Gasteiger partial charge is 0.238 e. The molecule has 2 N–H and O–H groups in total. The van der Waals surface area contributed by atoms with Gasteiger partial charge in [0.1, 0.15) is 12.4 Å². The molecule has 0 radical (unpaired) electrons. The Morgan fingerprint density at radius 1 is 1.56 bits per heavy atom. The molecule has 1 amide bonds. The van der Waals surface area contributed by atoms with Gasteiger partial charge in [0.2, 0.25) is 5.91 Å². The van der Waals surface area contributed by atoms with Crippen molar-refractivity contribution in [2.24, 2.45) is 0 Å². The van der Waals surface area contributed by atoms with Gasteiger partial charge in [0.25, 0.3) is 0 Å². The highest BCUT2D eigenvalue weighted by molar-refractivity contribution is 7.99. The molecule has 4 nitrogen and oxygen atoms in total. The van der Waals surface area contributed by atoms with Gasteiger partial charge in [0, 0.05) is 11.6 Å². The second-order valence-electron chi connectivity index (χ2n) is 4.18. The highest BCUT2D eigenvalue weighted by atomic mass is 32.2. The molecule has 1 fully saturated rings. The third-order valence-electron chi connectivity index (χ3n) is 2.79. The predicted octanol–water partition coefficient (Wildman–Crippen LogP) is 1.15. The molecule has 0 spiro atoms. The zero-order valence-corrected chi connectivity index (χ0v) is 11.3. The fraction of sp³-hybridized carbons (Fsp3) is 0.462. The Bertz CT molecular complexity index is 406. The number of carbonyl (C=O) groups excluding carboxylic acids is 1. The van der Waals surface area contributed by atoms with E-state index >= 15 is 0 Å². The average molecular weight is 266 g/mol. The summed E-state index contributed by atoms with van der Waals surface area (Å²) in [5.41, 5.74) is 1.11. The molecule has 1 aliphatic heterocycles. The van der Waals surface area contributed by atoms with E-state index in [1.807, 2.05) is 31.2 Å². The van der Waals surface area contributed by atoms with Gasteiger partial charge in [0.15, 0.2) is 0 Å². The van der Waals surface area contributed by atoms with E-state index in [0.29, 0.717) is 13.2 Å². The number of hydrogen-bond donors (Lipinski definition) is 2. The number of nitrogens with one attached hydrogen (secondary N) is 2. The minimum Gasteiger partial charge on any atom is -0.491 e. The summed E-state index contributed by atoms with van der Waals surface area (Å²) >= 11 is 1.75. The van der Waals surface area contributed by atoms with Gasteiger partial charge in [-0.05, 0) is 18.6 Å². The van der Waals surface area contributed by atoms with Crippen LogP contribution in [0.2, 0.25) is 0 Å². The first-order valence-corrected chi connectivity index (χ1v) is 7.20. The van der Waals surface area contributed by atoms with Crippen molar-refractivity contribution in [2.75, 3.05) is 24.8 Å². The standard InChI is InChI=1S/C13H18N2O2S/c1-10-4-2-3-5-12(10)17-7-6-14-13(16)11-8-18-9-15-11/h2-5,11,15H,6-9H2,1H3,(H,14,16). The van der Waals surface area contributed by atoms with Crippen LogP contribution >= 0.6 is 11.8 Å². The number of aryl methyl sites for hydroxylation is 1. The summed E-state index contributed by atoms with van der Waals surface area (Å²) in [6, 6.07) is 7.82. The van der Waals surface area contributed by atoms with Gasteiger partial charge in [-0.15, -0.1) is 11.8 Å². The number of hydrogen-bond acceptors (Lipinski definition) is 4. The van der Waals surface area contributed by atoms with Crippen LogP contribution in [-0.2, 0) is 4.79 Å². The van der Waals surface area contributed by atoms with E-state index in [-0.39, 0.29) is 11.9 Å². The molecule has 0 saturated carbocycles. The van der Waals surface area contributed by atoms with Crippen LogP contribution < -0.4 is 15.4 Å². The van der Waals surface area contributed by atoms with Crippen LogP contribution in [0.4, 0.5) is 0 Å². The molecule has 1 aromatic carbocycles. The topological polar surface area (TPSA) is 50.4 Å². The van der Waals surface area contributed by atoms with Crippen LogP contribution in [0.3, 0.4) is 0 Å². The zero-order chi connectivity index (χ0) is 12.8.